The molecule has 1 atom stereocenters. The molecule has 2 aromatic rings. The molecule has 0 spiro atoms. The monoisotopic (exact) mass is 300 g/mol. The molecule has 1 heterocycles. The van der Waals surface area contributed by atoms with Crippen LogP contribution in [0.1, 0.15) is 46.2 Å². The minimum Gasteiger partial charge on any atom is -0.478 e. The maximum absolute atomic E-state index is 11.3. The number of carboxylic acid groups (broad SMARTS) is 1. The molecule has 4 nitrogen and oxygen atoms in total. The summed E-state index contributed by atoms with van der Waals surface area (Å²) in [7, 11) is 0. The highest BCUT2D eigenvalue weighted by molar-refractivity contribution is 5.90. The van der Waals surface area contributed by atoms with Crippen molar-refractivity contribution in [2.75, 3.05) is 0 Å². The van der Waals surface area contributed by atoms with E-state index < -0.39 is 5.97 Å². The molecule has 22 heavy (non-hydrogen) atoms. The second kappa shape index (κ2) is 6.36. The SMILES string of the molecule is CCC(N)Cc1cc(C)n(-c2cccc(C(=O)O)c2C)c1C. The van der Waals surface area contributed by atoms with Crippen LogP contribution in [0.15, 0.2) is 24.3 Å². The van der Waals surface area contributed by atoms with Gasteiger partial charge < -0.3 is 15.4 Å². The van der Waals surface area contributed by atoms with E-state index in [-0.39, 0.29) is 6.04 Å². The highest BCUT2D eigenvalue weighted by atomic mass is 16.4. The molecular weight excluding hydrogens is 276 g/mol. The summed E-state index contributed by atoms with van der Waals surface area (Å²) < 4.78 is 2.12. The largest absolute Gasteiger partial charge is 0.478 e. The van der Waals surface area contributed by atoms with Crippen molar-refractivity contribution in [2.24, 2.45) is 5.73 Å². The number of aromatic carboxylic acids is 1. The lowest BCUT2D eigenvalue weighted by atomic mass is 10.0. The summed E-state index contributed by atoms with van der Waals surface area (Å²) >= 11 is 0. The molecular formula is C18H24N2O2. The lowest BCUT2D eigenvalue weighted by molar-refractivity contribution is 0.0696. The Labute approximate surface area is 131 Å². The summed E-state index contributed by atoms with van der Waals surface area (Å²) in [6, 6.07) is 7.70. The fourth-order valence-electron chi connectivity index (χ4n) is 2.93. The van der Waals surface area contributed by atoms with Gasteiger partial charge in [-0.15, -0.1) is 0 Å². The summed E-state index contributed by atoms with van der Waals surface area (Å²) in [6.45, 7) is 8.05. The first kappa shape index (κ1) is 16.3. The van der Waals surface area contributed by atoms with Crippen molar-refractivity contribution in [1.82, 2.24) is 4.57 Å². The summed E-state index contributed by atoms with van der Waals surface area (Å²) in [6.07, 6.45) is 1.78. The Morgan fingerprint density at radius 2 is 2.00 bits per heavy atom. The molecule has 4 heteroatoms. The topological polar surface area (TPSA) is 68.2 Å². The zero-order chi connectivity index (χ0) is 16.4. The van der Waals surface area contributed by atoms with E-state index in [1.54, 1.807) is 12.1 Å². The number of carbonyl (C=O) groups is 1. The van der Waals surface area contributed by atoms with Gasteiger partial charge in [0, 0.05) is 23.1 Å². The van der Waals surface area contributed by atoms with Crippen molar-refractivity contribution >= 4 is 5.97 Å². The van der Waals surface area contributed by atoms with Crippen molar-refractivity contribution in [3.63, 3.8) is 0 Å². The van der Waals surface area contributed by atoms with Gasteiger partial charge in [0.25, 0.3) is 0 Å². The van der Waals surface area contributed by atoms with E-state index in [9.17, 15) is 9.90 Å². The number of carboxylic acids is 1. The normalized spacial score (nSPS) is 12.4. The van der Waals surface area contributed by atoms with Gasteiger partial charge >= 0.3 is 5.97 Å². The van der Waals surface area contributed by atoms with Crippen molar-refractivity contribution in [2.45, 2.75) is 46.6 Å². The van der Waals surface area contributed by atoms with Crippen LogP contribution in [0.3, 0.4) is 0 Å². The summed E-state index contributed by atoms with van der Waals surface area (Å²) in [5, 5.41) is 9.31. The van der Waals surface area contributed by atoms with Crippen LogP contribution in [0.25, 0.3) is 5.69 Å². The molecule has 0 radical (unpaired) electrons. The number of hydrogen-bond donors (Lipinski definition) is 2. The van der Waals surface area contributed by atoms with Gasteiger partial charge in [-0.2, -0.15) is 0 Å². The molecule has 0 fully saturated rings. The Kier molecular flexibility index (Phi) is 4.71. The summed E-state index contributed by atoms with van der Waals surface area (Å²) in [4.78, 5) is 11.3. The zero-order valence-corrected chi connectivity index (χ0v) is 13.7. The van der Waals surface area contributed by atoms with Crippen LogP contribution in [-0.2, 0) is 6.42 Å². The van der Waals surface area contributed by atoms with Crippen LogP contribution >= 0.6 is 0 Å². The predicted molar refractivity (Wildman–Crippen MR) is 88.9 cm³/mol. The van der Waals surface area contributed by atoms with E-state index in [1.165, 1.54) is 5.56 Å². The van der Waals surface area contributed by atoms with E-state index in [2.05, 4.69) is 24.5 Å². The van der Waals surface area contributed by atoms with Crippen LogP contribution in [0.5, 0.6) is 0 Å². The fraction of sp³-hybridized carbons (Fsp3) is 0.389. The molecule has 3 N–H and O–H groups in total. The van der Waals surface area contributed by atoms with Crippen molar-refractivity contribution in [3.8, 4) is 5.69 Å². The molecule has 1 unspecified atom stereocenters. The average Bonchev–Trinajstić information content (AvgIpc) is 2.73. The minimum atomic E-state index is -0.893. The van der Waals surface area contributed by atoms with E-state index in [0.29, 0.717) is 5.56 Å². The van der Waals surface area contributed by atoms with Gasteiger partial charge in [-0.3, -0.25) is 0 Å². The van der Waals surface area contributed by atoms with Crippen molar-refractivity contribution in [3.05, 3.63) is 52.3 Å². The molecule has 1 aromatic heterocycles. The molecule has 0 bridgehead atoms. The van der Waals surface area contributed by atoms with Crippen molar-refractivity contribution < 1.29 is 9.90 Å². The Morgan fingerprint density at radius 1 is 1.32 bits per heavy atom. The Balaban J connectivity index is 2.55. The Morgan fingerprint density at radius 3 is 2.59 bits per heavy atom. The van der Waals surface area contributed by atoms with Crippen LogP contribution in [-0.4, -0.2) is 21.7 Å². The number of aryl methyl sites for hydroxylation is 1. The molecule has 118 valence electrons. The lowest BCUT2D eigenvalue weighted by Gasteiger charge is -2.15. The average molecular weight is 300 g/mol. The standard InChI is InChI=1S/C18H24N2O2/c1-5-15(19)10-14-9-11(2)20(13(14)4)17-8-6-7-16(12(17)3)18(21)22/h6-9,15H,5,10,19H2,1-4H3,(H,21,22). The van der Waals surface area contributed by atoms with Gasteiger partial charge in [-0.25, -0.2) is 4.79 Å². The molecule has 0 aliphatic heterocycles. The molecule has 0 aliphatic rings. The minimum absolute atomic E-state index is 0.153. The first-order chi connectivity index (χ1) is 10.4. The smallest absolute Gasteiger partial charge is 0.336 e. The molecule has 0 amide bonds. The maximum Gasteiger partial charge on any atom is 0.336 e. The van der Waals surface area contributed by atoms with Crippen LogP contribution < -0.4 is 5.73 Å². The molecule has 0 saturated carbocycles. The fourth-order valence-corrected chi connectivity index (χ4v) is 2.93. The lowest BCUT2D eigenvalue weighted by Crippen LogP contribution is -2.21. The first-order valence-corrected chi connectivity index (χ1v) is 7.63. The van der Waals surface area contributed by atoms with E-state index >= 15 is 0 Å². The highest BCUT2D eigenvalue weighted by Gasteiger charge is 2.16. The maximum atomic E-state index is 11.3. The number of aromatic nitrogens is 1. The molecule has 1 aromatic carbocycles. The van der Waals surface area contributed by atoms with Crippen LogP contribution in [0.4, 0.5) is 0 Å². The van der Waals surface area contributed by atoms with Gasteiger partial charge in [0.05, 0.1) is 5.56 Å². The Hall–Kier alpha value is -2.07. The van der Waals surface area contributed by atoms with Gasteiger partial charge in [0.15, 0.2) is 0 Å². The predicted octanol–water partition coefficient (Wildman–Crippen LogP) is 3.38. The van der Waals surface area contributed by atoms with Gasteiger partial charge in [-0.05, 0) is 62.9 Å². The second-order valence-electron chi connectivity index (χ2n) is 5.86. The summed E-state index contributed by atoms with van der Waals surface area (Å²) in [5.41, 5.74) is 11.6. The van der Waals surface area contributed by atoms with E-state index in [4.69, 9.17) is 5.73 Å². The first-order valence-electron chi connectivity index (χ1n) is 7.63. The zero-order valence-electron chi connectivity index (χ0n) is 13.7. The molecule has 0 aliphatic carbocycles. The van der Waals surface area contributed by atoms with Crippen molar-refractivity contribution in [1.29, 1.82) is 0 Å². The number of benzene rings is 1. The summed E-state index contributed by atoms with van der Waals surface area (Å²) in [5.74, 6) is -0.893. The number of nitrogens with two attached hydrogens (primary N) is 1. The van der Waals surface area contributed by atoms with Gasteiger partial charge in [-0.1, -0.05) is 13.0 Å². The third-order valence-corrected chi connectivity index (χ3v) is 4.32. The van der Waals surface area contributed by atoms with Crippen LogP contribution in [0, 0.1) is 20.8 Å². The van der Waals surface area contributed by atoms with E-state index in [1.807, 2.05) is 19.9 Å². The van der Waals surface area contributed by atoms with Gasteiger partial charge in [0.2, 0.25) is 0 Å². The third kappa shape index (κ3) is 2.92. The number of rotatable bonds is 5. The number of nitrogens with zero attached hydrogens (tertiary/aromatic N) is 1. The second-order valence-corrected chi connectivity index (χ2v) is 5.86. The quantitative estimate of drug-likeness (QED) is 0.889. The van der Waals surface area contributed by atoms with Gasteiger partial charge in [0.1, 0.15) is 0 Å². The van der Waals surface area contributed by atoms with Crippen LogP contribution in [0.2, 0.25) is 0 Å². The molecule has 2 rings (SSSR count). The third-order valence-electron chi connectivity index (χ3n) is 4.32. The van der Waals surface area contributed by atoms with E-state index in [0.717, 1.165) is 35.5 Å². The molecule has 0 saturated heterocycles. The Bertz CT molecular complexity index is 701. The number of hydrogen-bond acceptors (Lipinski definition) is 2. The highest BCUT2D eigenvalue weighted by Crippen LogP contribution is 2.26.